The molecule has 1 fully saturated rings. The van der Waals surface area contributed by atoms with E-state index < -0.39 is 11.0 Å². The van der Waals surface area contributed by atoms with Gasteiger partial charge in [0.15, 0.2) is 0 Å². The summed E-state index contributed by atoms with van der Waals surface area (Å²) in [7, 11) is 1.36. The highest BCUT2D eigenvalue weighted by molar-refractivity contribution is 5.77. The van der Waals surface area contributed by atoms with Gasteiger partial charge < -0.3 is 25.3 Å². The molecular formula is C25H40N2O5. The lowest BCUT2D eigenvalue weighted by Gasteiger charge is -2.37. The number of benzene rings is 1. The zero-order chi connectivity index (χ0) is 23.6. The molecule has 7 nitrogen and oxygen atoms in total. The van der Waals surface area contributed by atoms with Crippen LogP contribution in [0.3, 0.4) is 0 Å². The molecule has 1 aliphatic rings. The first kappa shape index (κ1) is 26.1. The number of nitrogens with two attached hydrogens (primary N) is 1. The molecule has 2 rings (SSSR count). The summed E-state index contributed by atoms with van der Waals surface area (Å²) in [5, 5.41) is 3.35. The fraction of sp³-hybridized carbons (Fsp3) is 0.680. The number of esters is 2. The van der Waals surface area contributed by atoms with Gasteiger partial charge in [-0.05, 0) is 84.0 Å². The van der Waals surface area contributed by atoms with Crippen molar-refractivity contribution in [3.8, 4) is 5.75 Å². The Morgan fingerprint density at radius 3 is 2.50 bits per heavy atom. The molecule has 0 bridgehead atoms. The third-order valence-corrected chi connectivity index (χ3v) is 5.81. The van der Waals surface area contributed by atoms with Crippen LogP contribution in [0.4, 0.5) is 0 Å². The largest absolute Gasteiger partial charge is 0.493 e. The minimum Gasteiger partial charge on any atom is -0.493 e. The summed E-state index contributed by atoms with van der Waals surface area (Å²) in [6, 6.07) is 7.45. The minimum absolute atomic E-state index is 0.0719. The molecule has 1 heterocycles. The van der Waals surface area contributed by atoms with Crippen LogP contribution in [0, 0.1) is 5.41 Å². The summed E-state index contributed by atoms with van der Waals surface area (Å²) in [5.74, 6) is 0.404. The topological polar surface area (TPSA) is 99.9 Å². The van der Waals surface area contributed by atoms with E-state index in [9.17, 15) is 9.59 Å². The van der Waals surface area contributed by atoms with Crippen molar-refractivity contribution in [2.24, 2.45) is 11.1 Å². The van der Waals surface area contributed by atoms with E-state index in [-0.39, 0.29) is 24.4 Å². The Morgan fingerprint density at radius 1 is 1.16 bits per heavy atom. The Kier molecular flexibility index (Phi) is 9.97. The SMILES string of the molecule is COC(=O)CC(N)Cc1ccccc1OCCCCC1(C(=O)OC(C)(C)C)CCNCC1. The smallest absolute Gasteiger partial charge is 0.312 e. The highest BCUT2D eigenvalue weighted by Crippen LogP contribution is 2.37. The maximum atomic E-state index is 12.9. The van der Waals surface area contributed by atoms with Gasteiger partial charge in [-0.25, -0.2) is 0 Å². The number of nitrogens with one attached hydrogen (secondary N) is 1. The lowest BCUT2D eigenvalue weighted by Crippen LogP contribution is -2.45. The number of ether oxygens (including phenoxy) is 3. The molecule has 0 saturated carbocycles. The van der Waals surface area contributed by atoms with Crippen LogP contribution in [0.2, 0.25) is 0 Å². The standard InChI is InChI=1S/C25H40N2O5/c1-24(2,3)32-23(29)25(12-14-27-15-13-25)11-7-8-16-31-21-10-6-5-9-19(21)17-20(26)18-22(28)30-4/h5-6,9-10,20,27H,7-8,11-18,26H2,1-4H3. The number of hydrogen-bond acceptors (Lipinski definition) is 7. The van der Waals surface area contributed by atoms with Crippen LogP contribution in [0.15, 0.2) is 24.3 Å². The van der Waals surface area contributed by atoms with E-state index in [0.717, 1.165) is 56.5 Å². The van der Waals surface area contributed by atoms with Gasteiger partial charge in [-0.3, -0.25) is 9.59 Å². The molecule has 7 heteroatoms. The molecule has 1 aromatic rings. The van der Waals surface area contributed by atoms with Crippen molar-refractivity contribution in [1.82, 2.24) is 5.32 Å². The van der Waals surface area contributed by atoms with Crippen LogP contribution < -0.4 is 15.8 Å². The molecule has 1 saturated heterocycles. The molecule has 0 spiro atoms. The van der Waals surface area contributed by atoms with E-state index in [1.807, 2.05) is 45.0 Å². The lowest BCUT2D eigenvalue weighted by atomic mass is 9.75. The monoisotopic (exact) mass is 448 g/mol. The van der Waals surface area contributed by atoms with Gasteiger partial charge in [0.05, 0.1) is 25.6 Å². The quantitative estimate of drug-likeness (QED) is 0.395. The summed E-state index contributed by atoms with van der Waals surface area (Å²) in [4.78, 5) is 24.4. The van der Waals surface area contributed by atoms with E-state index in [4.69, 9.17) is 19.9 Å². The summed E-state index contributed by atoms with van der Waals surface area (Å²) < 4.78 is 16.5. The van der Waals surface area contributed by atoms with Crippen molar-refractivity contribution >= 4 is 11.9 Å². The Morgan fingerprint density at radius 2 is 1.84 bits per heavy atom. The predicted octanol–water partition coefficient (Wildman–Crippen LogP) is 3.38. The highest BCUT2D eigenvalue weighted by Gasteiger charge is 2.41. The average Bonchev–Trinajstić information content (AvgIpc) is 2.74. The van der Waals surface area contributed by atoms with Gasteiger partial charge in [-0.2, -0.15) is 0 Å². The predicted molar refractivity (Wildman–Crippen MR) is 124 cm³/mol. The number of piperidine rings is 1. The summed E-state index contributed by atoms with van der Waals surface area (Å²) in [6.45, 7) is 8.00. The molecule has 1 aromatic carbocycles. The zero-order valence-electron chi connectivity index (χ0n) is 20.1. The van der Waals surface area contributed by atoms with Crippen LogP contribution in [0.5, 0.6) is 5.75 Å². The number of rotatable bonds is 11. The van der Waals surface area contributed by atoms with Crippen LogP contribution in [-0.4, -0.2) is 50.4 Å². The molecule has 1 atom stereocenters. The summed E-state index contributed by atoms with van der Waals surface area (Å²) >= 11 is 0. The summed E-state index contributed by atoms with van der Waals surface area (Å²) in [5.41, 5.74) is 6.19. The maximum Gasteiger partial charge on any atom is 0.312 e. The van der Waals surface area contributed by atoms with Crippen molar-refractivity contribution in [2.45, 2.75) is 77.4 Å². The molecule has 0 aromatic heterocycles. The molecular weight excluding hydrogens is 408 g/mol. The van der Waals surface area contributed by atoms with Gasteiger partial charge in [-0.15, -0.1) is 0 Å². The van der Waals surface area contributed by atoms with Crippen LogP contribution in [0.25, 0.3) is 0 Å². The second kappa shape index (κ2) is 12.2. The molecule has 3 N–H and O–H groups in total. The second-order valence-electron chi connectivity index (χ2n) is 9.69. The highest BCUT2D eigenvalue weighted by atomic mass is 16.6. The van der Waals surface area contributed by atoms with Crippen LogP contribution in [-0.2, 0) is 25.5 Å². The Labute approximate surface area is 192 Å². The minimum atomic E-state index is -0.476. The van der Waals surface area contributed by atoms with Gasteiger partial charge in [0.2, 0.25) is 0 Å². The second-order valence-corrected chi connectivity index (χ2v) is 9.69. The van der Waals surface area contributed by atoms with E-state index in [1.165, 1.54) is 7.11 Å². The van der Waals surface area contributed by atoms with E-state index in [0.29, 0.717) is 13.0 Å². The first-order valence-electron chi connectivity index (χ1n) is 11.6. The normalized spacial score (nSPS) is 16.8. The number of hydrogen-bond donors (Lipinski definition) is 2. The van der Waals surface area contributed by atoms with Crippen molar-refractivity contribution in [1.29, 1.82) is 0 Å². The fourth-order valence-electron chi connectivity index (χ4n) is 4.06. The van der Waals surface area contributed by atoms with Gasteiger partial charge >= 0.3 is 11.9 Å². The van der Waals surface area contributed by atoms with E-state index in [2.05, 4.69) is 5.32 Å². The van der Waals surface area contributed by atoms with Gasteiger partial charge in [0.25, 0.3) is 0 Å². The fourth-order valence-corrected chi connectivity index (χ4v) is 4.06. The Balaban J connectivity index is 1.86. The average molecular weight is 449 g/mol. The molecule has 0 radical (unpaired) electrons. The van der Waals surface area contributed by atoms with Crippen molar-refractivity contribution in [3.63, 3.8) is 0 Å². The zero-order valence-corrected chi connectivity index (χ0v) is 20.1. The first-order valence-corrected chi connectivity index (χ1v) is 11.6. The Hall–Kier alpha value is -2.12. The molecule has 1 unspecified atom stereocenters. The molecule has 180 valence electrons. The number of methoxy groups -OCH3 is 1. The van der Waals surface area contributed by atoms with Crippen molar-refractivity contribution in [3.05, 3.63) is 29.8 Å². The van der Waals surface area contributed by atoms with Gasteiger partial charge in [0, 0.05) is 6.04 Å². The maximum absolute atomic E-state index is 12.9. The van der Waals surface area contributed by atoms with Gasteiger partial charge in [0.1, 0.15) is 11.4 Å². The molecule has 32 heavy (non-hydrogen) atoms. The van der Waals surface area contributed by atoms with Gasteiger partial charge in [-0.1, -0.05) is 18.2 Å². The van der Waals surface area contributed by atoms with Crippen LogP contribution >= 0.6 is 0 Å². The molecule has 1 aliphatic heterocycles. The van der Waals surface area contributed by atoms with Crippen molar-refractivity contribution in [2.75, 3.05) is 26.8 Å². The molecule has 0 amide bonds. The van der Waals surface area contributed by atoms with E-state index >= 15 is 0 Å². The summed E-state index contributed by atoms with van der Waals surface area (Å²) in [6.07, 6.45) is 4.88. The number of carbonyl (C=O) groups excluding carboxylic acids is 2. The third-order valence-electron chi connectivity index (χ3n) is 5.81. The molecule has 0 aliphatic carbocycles. The third kappa shape index (κ3) is 8.43. The number of carbonyl (C=O) groups is 2. The van der Waals surface area contributed by atoms with E-state index in [1.54, 1.807) is 0 Å². The number of para-hydroxylation sites is 1. The number of unbranched alkanes of at least 4 members (excludes halogenated alkanes) is 1. The first-order chi connectivity index (χ1) is 15.1. The van der Waals surface area contributed by atoms with Crippen LogP contribution in [0.1, 0.15) is 64.9 Å². The van der Waals surface area contributed by atoms with Crippen molar-refractivity contribution < 1.29 is 23.8 Å². The lowest BCUT2D eigenvalue weighted by molar-refractivity contribution is -0.170. The Bertz CT molecular complexity index is 738.